The molecule has 1 aromatic carbocycles. The first-order valence-corrected chi connectivity index (χ1v) is 8.56. The van der Waals surface area contributed by atoms with Crippen LogP contribution in [0.15, 0.2) is 18.2 Å². The number of anilines is 1. The predicted octanol–water partition coefficient (Wildman–Crippen LogP) is 3.47. The van der Waals surface area contributed by atoms with Gasteiger partial charge >= 0.3 is 0 Å². The third-order valence-corrected chi connectivity index (χ3v) is 5.70. The minimum Gasteiger partial charge on any atom is -0.349 e. The second kappa shape index (κ2) is 5.66. The summed E-state index contributed by atoms with van der Waals surface area (Å²) in [5.74, 6) is 1.34. The first-order valence-electron chi connectivity index (χ1n) is 8.56. The first-order chi connectivity index (χ1) is 10.8. The molecule has 3 atom stereocenters. The highest BCUT2D eigenvalue weighted by Crippen LogP contribution is 2.37. The summed E-state index contributed by atoms with van der Waals surface area (Å²) in [6.07, 6.45) is 3.26. The van der Waals surface area contributed by atoms with Gasteiger partial charge in [-0.05, 0) is 68.7 Å². The SMILES string of the molecule is CC1CCC(NC(=O)c2ccc3c(c2)C(C)(C)C(=O)N3)CC1C. The van der Waals surface area contributed by atoms with Crippen LogP contribution in [0.4, 0.5) is 5.69 Å². The van der Waals surface area contributed by atoms with Crippen LogP contribution in [0.2, 0.25) is 0 Å². The van der Waals surface area contributed by atoms with Crippen LogP contribution in [-0.2, 0) is 10.2 Å². The van der Waals surface area contributed by atoms with Crippen molar-refractivity contribution < 1.29 is 9.59 Å². The van der Waals surface area contributed by atoms with E-state index in [1.54, 1.807) is 6.07 Å². The molecule has 1 aliphatic heterocycles. The number of benzene rings is 1. The van der Waals surface area contributed by atoms with Gasteiger partial charge in [-0.2, -0.15) is 0 Å². The average Bonchev–Trinajstić information content (AvgIpc) is 2.73. The first kappa shape index (κ1) is 16.0. The number of hydrogen-bond acceptors (Lipinski definition) is 2. The van der Waals surface area contributed by atoms with Crippen molar-refractivity contribution in [3.63, 3.8) is 0 Å². The van der Waals surface area contributed by atoms with E-state index in [0.717, 1.165) is 30.0 Å². The van der Waals surface area contributed by atoms with Crippen LogP contribution in [0.3, 0.4) is 0 Å². The standard InChI is InChI=1S/C19H26N2O2/c1-11-5-7-14(9-12(11)2)20-17(22)13-6-8-16-15(10-13)19(3,4)18(23)21-16/h6,8,10-12,14H,5,7,9H2,1-4H3,(H,20,22)(H,21,23). The number of carbonyl (C=O) groups is 2. The molecule has 0 spiro atoms. The van der Waals surface area contributed by atoms with Crippen molar-refractivity contribution >= 4 is 17.5 Å². The van der Waals surface area contributed by atoms with E-state index in [9.17, 15) is 9.59 Å². The molecule has 0 bridgehead atoms. The van der Waals surface area contributed by atoms with Crippen LogP contribution >= 0.6 is 0 Å². The van der Waals surface area contributed by atoms with E-state index < -0.39 is 5.41 Å². The van der Waals surface area contributed by atoms with Crippen molar-refractivity contribution in [3.05, 3.63) is 29.3 Å². The van der Waals surface area contributed by atoms with E-state index in [2.05, 4.69) is 24.5 Å². The quantitative estimate of drug-likeness (QED) is 0.878. The van der Waals surface area contributed by atoms with E-state index in [4.69, 9.17) is 0 Å². The highest BCUT2D eigenvalue weighted by molar-refractivity contribution is 6.07. The zero-order valence-electron chi connectivity index (χ0n) is 14.4. The molecule has 0 aromatic heterocycles. The molecule has 2 N–H and O–H groups in total. The Kier molecular flexibility index (Phi) is 3.95. The van der Waals surface area contributed by atoms with Gasteiger partial charge in [0.25, 0.3) is 5.91 Å². The zero-order valence-corrected chi connectivity index (χ0v) is 14.4. The molecule has 23 heavy (non-hydrogen) atoms. The maximum Gasteiger partial charge on any atom is 0.251 e. The average molecular weight is 314 g/mol. The molecular formula is C19H26N2O2. The highest BCUT2D eigenvalue weighted by atomic mass is 16.2. The fraction of sp³-hybridized carbons (Fsp3) is 0.579. The van der Waals surface area contributed by atoms with Crippen molar-refractivity contribution in [2.75, 3.05) is 5.32 Å². The van der Waals surface area contributed by atoms with Gasteiger partial charge < -0.3 is 10.6 Å². The van der Waals surface area contributed by atoms with Gasteiger partial charge in [-0.25, -0.2) is 0 Å². The van der Waals surface area contributed by atoms with Crippen LogP contribution in [-0.4, -0.2) is 17.9 Å². The Bertz CT molecular complexity index is 651. The lowest BCUT2D eigenvalue weighted by atomic mass is 9.79. The summed E-state index contributed by atoms with van der Waals surface area (Å²) in [7, 11) is 0. The van der Waals surface area contributed by atoms with E-state index in [1.165, 1.54) is 6.42 Å². The monoisotopic (exact) mass is 314 g/mol. The van der Waals surface area contributed by atoms with Crippen LogP contribution in [0.1, 0.15) is 62.9 Å². The largest absolute Gasteiger partial charge is 0.349 e. The summed E-state index contributed by atoms with van der Waals surface area (Å²) in [6, 6.07) is 5.75. The van der Waals surface area contributed by atoms with Crippen molar-refractivity contribution in [3.8, 4) is 0 Å². The Morgan fingerprint density at radius 3 is 2.65 bits per heavy atom. The Hall–Kier alpha value is -1.84. The molecule has 4 nitrogen and oxygen atoms in total. The molecular weight excluding hydrogens is 288 g/mol. The number of carbonyl (C=O) groups excluding carboxylic acids is 2. The fourth-order valence-corrected chi connectivity index (χ4v) is 3.66. The topological polar surface area (TPSA) is 58.2 Å². The maximum atomic E-state index is 12.6. The van der Waals surface area contributed by atoms with Gasteiger partial charge in [0.1, 0.15) is 0 Å². The van der Waals surface area contributed by atoms with E-state index in [-0.39, 0.29) is 17.9 Å². The predicted molar refractivity (Wildman–Crippen MR) is 91.5 cm³/mol. The molecule has 2 amide bonds. The van der Waals surface area contributed by atoms with E-state index in [1.807, 2.05) is 26.0 Å². The normalized spacial score (nSPS) is 28.9. The molecule has 3 rings (SSSR count). The Morgan fingerprint density at radius 1 is 1.22 bits per heavy atom. The summed E-state index contributed by atoms with van der Waals surface area (Å²) in [5.41, 5.74) is 1.78. The molecule has 1 saturated carbocycles. The molecule has 0 radical (unpaired) electrons. The maximum absolute atomic E-state index is 12.6. The smallest absolute Gasteiger partial charge is 0.251 e. The Morgan fingerprint density at radius 2 is 1.96 bits per heavy atom. The van der Waals surface area contributed by atoms with Gasteiger partial charge in [-0.15, -0.1) is 0 Å². The zero-order chi connectivity index (χ0) is 16.8. The number of nitrogens with one attached hydrogen (secondary N) is 2. The van der Waals surface area contributed by atoms with Crippen LogP contribution in [0, 0.1) is 11.8 Å². The van der Waals surface area contributed by atoms with Gasteiger partial charge in [-0.1, -0.05) is 13.8 Å². The summed E-state index contributed by atoms with van der Waals surface area (Å²) >= 11 is 0. The van der Waals surface area contributed by atoms with Crippen molar-refractivity contribution in [1.29, 1.82) is 0 Å². The minimum atomic E-state index is -0.583. The van der Waals surface area contributed by atoms with Gasteiger partial charge in [0.2, 0.25) is 5.91 Å². The second-order valence-electron chi connectivity index (χ2n) is 7.78. The third-order valence-electron chi connectivity index (χ3n) is 5.70. The third kappa shape index (κ3) is 2.87. The minimum absolute atomic E-state index is 0.0137. The number of amides is 2. The van der Waals surface area contributed by atoms with Crippen LogP contribution in [0.5, 0.6) is 0 Å². The van der Waals surface area contributed by atoms with Gasteiger partial charge in [-0.3, -0.25) is 9.59 Å². The summed E-state index contributed by atoms with van der Waals surface area (Å²) in [6.45, 7) is 8.33. The molecule has 1 heterocycles. The van der Waals surface area contributed by atoms with Crippen molar-refractivity contribution in [1.82, 2.24) is 5.32 Å². The summed E-state index contributed by atoms with van der Waals surface area (Å²) < 4.78 is 0. The molecule has 3 unspecified atom stereocenters. The number of hydrogen-bond donors (Lipinski definition) is 2. The lowest BCUT2D eigenvalue weighted by molar-refractivity contribution is -0.119. The van der Waals surface area contributed by atoms with Crippen LogP contribution < -0.4 is 10.6 Å². The molecule has 1 fully saturated rings. The number of rotatable bonds is 2. The lowest BCUT2D eigenvalue weighted by Gasteiger charge is -2.32. The van der Waals surface area contributed by atoms with Crippen molar-refractivity contribution in [2.45, 2.75) is 58.4 Å². The van der Waals surface area contributed by atoms with E-state index >= 15 is 0 Å². The van der Waals surface area contributed by atoms with Gasteiger partial charge in [0.15, 0.2) is 0 Å². The molecule has 124 valence electrons. The molecule has 0 saturated heterocycles. The Balaban J connectivity index is 1.75. The second-order valence-corrected chi connectivity index (χ2v) is 7.78. The molecule has 1 aliphatic carbocycles. The molecule has 4 heteroatoms. The fourth-order valence-electron chi connectivity index (χ4n) is 3.66. The summed E-state index contributed by atoms with van der Waals surface area (Å²) in [4.78, 5) is 24.6. The lowest BCUT2D eigenvalue weighted by Crippen LogP contribution is -2.39. The summed E-state index contributed by atoms with van der Waals surface area (Å²) in [5, 5.41) is 6.05. The van der Waals surface area contributed by atoms with Gasteiger partial charge in [0, 0.05) is 17.3 Å². The van der Waals surface area contributed by atoms with Crippen molar-refractivity contribution in [2.24, 2.45) is 11.8 Å². The van der Waals surface area contributed by atoms with Gasteiger partial charge in [0.05, 0.1) is 5.41 Å². The highest BCUT2D eigenvalue weighted by Gasteiger charge is 2.38. The van der Waals surface area contributed by atoms with Crippen LogP contribution in [0.25, 0.3) is 0 Å². The Labute approximate surface area is 138 Å². The molecule has 2 aliphatic rings. The van der Waals surface area contributed by atoms with E-state index in [0.29, 0.717) is 11.5 Å². The molecule has 1 aromatic rings. The number of fused-ring (bicyclic) bond motifs is 1.